The zero-order chi connectivity index (χ0) is 45.4. The summed E-state index contributed by atoms with van der Waals surface area (Å²) in [6, 6.07) is 78.5. The van der Waals surface area contributed by atoms with Crippen molar-refractivity contribution in [3.63, 3.8) is 0 Å². The highest BCUT2D eigenvalue weighted by molar-refractivity contribution is 6.10. The van der Waals surface area contributed by atoms with E-state index in [1.54, 1.807) is 6.20 Å². The Kier molecular flexibility index (Phi) is 8.92. The first kappa shape index (κ1) is 39.1. The summed E-state index contributed by atoms with van der Waals surface area (Å²) in [6.07, 6.45) is 3.61. The number of para-hydroxylation sites is 2. The molecule has 0 spiro atoms. The number of fused-ring (bicyclic) bond motifs is 3. The standard InChI is InChI=1S/C63H40N6/c1-3-11-41(12-4-1)61-66-62(68-63(67-61)43-25-21-40(22-26-43)45-29-32-58-54(35-45)49-15-9-10-18-57(49)69(58)48-13-5-2-6-14-48)42-23-19-39(20-24-42)44-27-30-52-55(36-44)59-50-16-7-8-17-51(50)60(52)56-37-46(28-31-53(56)59)47-33-34-64-65-38-47/h1-38,59-60H. The lowest BCUT2D eigenvalue weighted by molar-refractivity contribution is 0.755. The van der Waals surface area contributed by atoms with E-state index in [1.165, 1.54) is 66.3 Å². The molecule has 322 valence electrons. The van der Waals surface area contributed by atoms with Crippen molar-refractivity contribution in [1.29, 1.82) is 0 Å². The molecule has 0 amide bonds. The third kappa shape index (κ3) is 6.45. The third-order valence-electron chi connectivity index (χ3n) is 14.3. The normalized spacial score (nSPS) is 14.4. The maximum absolute atomic E-state index is 5.13. The first-order valence-electron chi connectivity index (χ1n) is 23.5. The Labute approximate surface area is 399 Å². The smallest absolute Gasteiger partial charge is 0.164 e. The van der Waals surface area contributed by atoms with Crippen molar-refractivity contribution in [2.24, 2.45) is 0 Å². The molecule has 6 heteroatoms. The number of nitrogens with zero attached hydrogens (tertiary/aromatic N) is 6. The van der Waals surface area contributed by atoms with Crippen LogP contribution in [0.3, 0.4) is 0 Å². The van der Waals surface area contributed by atoms with Crippen LogP contribution in [0.25, 0.3) is 95.0 Å². The molecule has 0 saturated carbocycles. The van der Waals surface area contributed by atoms with Gasteiger partial charge in [0.25, 0.3) is 0 Å². The van der Waals surface area contributed by atoms with Crippen LogP contribution in [0.2, 0.25) is 0 Å². The highest BCUT2D eigenvalue weighted by Gasteiger charge is 2.41. The number of benzene rings is 9. The summed E-state index contributed by atoms with van der Waals surface area (Å²) >= 11 is 0. The quantitative estimate of drug-likeness (QED) is 0.159. The topological polar surface area (TPSA) is 69.4 Å². The molecule has 0 radical (unpaired) electrons. The molecule has 15 rings (SSSR count). The molecule has 2 unspecified atom stereocenters. The maximum Gasteiger partial charge on any atom is 0.164 e. The van der Waals surface area contributed by atoms with Crippen LogP contribution >= 0.6 is 0 Å². The van der Waals surface area contributed by atoms with Crippen molar-refractivity contribution in [3.8, 4) is 73.2 Å². The summed E-state index contributed by atoms with van der Waals surface area (Å²) < 4.78 is 2.35. The van der Waals surface area contributed by atoms with Crippen LogP contribution < -0.4 is 0 Å². The lowest BCUT2D eigenvalue weighted by Gasteiger charge is -2.42. The zero-order valence-electron chi connectivity index (χ0n) is 37.3. The fourth-order valence-corrected chi connectivity index (χ4v) is 11.0. The summed E-state index contributed by atoms with van der Waals surface area (Å²) in [5, 5.41) is 10.6. The Balaban J connectivity index is 0.794. The molecule has 3 aliphatic carbocycles. The van der Waals surface area contributed by atoms with Crippen LogP contribution in [0, 0.1) is 0 Å². The van der Waals surface area contributed by atoms with Gasteiger partial charge in [0.15, 0.2) is 17.5 Å². The van der Waals surface area contributed by atoms with Crippen molar-refractivity contribution in [2.45, 2.75) is 11.8 Å². The third-order valence-corrected chi connectivity index (χ3v) is 14.3. The molecule has 3 aliphatic rings. The van der Waals surface area contributed by atoms with E-state index >= 15 is 0 Å². The molecule has 0 saturated heterocycles. The molecular weight excluding hydrogens is 841 g/mol. The maximum atomic E-state index is 5.13. The molecular formula is C63H40N6. The Morgan fingerprint density at radius 1 is 0.290 bits per heavy atom. The molecule has 2 atom stereocenters. The van der Waals surface area contributed by atoms with Crippen molar-refractivity contribution in [3.05, 3.63) is 264 Å². The van der Waals surface area contributed by atoms with Gasteiger partial charge in [-0.05, 0) is 110 Å². The lowest BCUT2D eigenvalue weighted by atomic mass is 9.60. The fraction of sp³-hybridized carbons (Fsp3) is 0.0317. The fourth-order valence-electron chi connectivity index (χ4n) is 11.0. The van der Waals surface area contributed by atoms with Gasteiger partial charge >= 0.3 is 0 Å². The molecule has 2 bridgehead atoms. The number of hydrogen-bond donors (Lipinski definition) is 0. The van der Waals surface area contributed by atoms with Gasteiger partial charge in [0.1, 0.15) is 0 Å². The van der Waals surface area contributed by atoms with Gasteiger partial charge in [-0.2, -0.15) is 10.2 Å². The Morgan fingerprint density at radius 3 is 1.33 bits per heavy atom. The van der Waals surface area contributed by atoms with Crippen LogP contribution in [0.5, 0.6) is 0 Å². The number of rotatable bonds is 7. The average Bonchev–Trinajstić information content (AvgIpc) is 3.77. The first-order chi connectivity index (χ1) is 34.2. The van der Waals surface area contributed by atoms with Gasteiger partial charge in [-0.1, -0.05) is 170 Å². The van der Waals surface area contributed by atoms with Crippen molar-refractivity contribution >= 4 is 21.8 Å². The zero-order valence-corrected chi connectivity index (χ0v) is 37.3. The van der Waals surface area contributed by atoms with Crippen LogP contribution in [-0.4, -0.2) is 29.7 Å². The van der Waals surface area contributed by atoms with Crippen molar-refractivity contribution in [2.75, 3.05) is 0 Å². The lowest BCUT2D eigenvalue weighted by Crippen LogP contribution is -2.27. The largest absolute Gasteiger partial charge is 0.309 e. The molecule has 6 nitrogen and oxygen atoms in total. The molecule has 3 aromatic heterocycles. The van der Waals surface area contributed by atoms with E-state index in [1.807, 2.05) is 30.5 Å². The Bertz CT molecular complexity index is 3940. The molecule has 3 heterocycles. The van der Waals surface area contributed by atoms with Gasteiger partial charge in [-0.15, -0.1) is 0 Å². The van der Waals surface area contributed by atoms with E-state index in [4.69, 9.17) is 15.0 Å². The number of aromatic nitrogens is 6. The minimum atomic E-state index is 0.158. The molecule has 0 aliphatic heterocycles. The van der Waals surface area contributed by atoms with E-state index in [2.05, 4.69) is 209 Å². The van der Waals surface area contributed by atoms with E-state index in [-0.39, 0.29) is 11.8 Å². The molecule has 0 fully saturated rings. The second-order valence-corrected chi connectivity index (χ2v) is 18.1. The summed E-state index contributed by atoms with van der Waals surface area (Å²) in [5.74, 6) is 2.22. The Morgan fingerprint density at radius 2 is 0.739 bits per heavy atom. The van der Waals surface area contributed by atoms with Crippen molar-refractivity contribution in [1.82, 2.24) is 29.7 Å². The van der Waals surface area contributed by atoms with Gasteiger partial charge < -0.3 is 4.57 Å². The van der Waals surface area contributed by atoms with Crippen LogP contribution in [0.4, 0.5) is 0 Å². The van der Waals surface area contributed by atoms with Gasteiger partial charge in [0, 0.05) is 50.5 Å². The van der Waals surface area contributed by atoms with E-state index < -0.39 is 0 Å². The van der Waals surface area contributed by atoms with Crippen molar-refractivity contribution < 1.29 is 0 Å². The van der Waals surface area contributed by atoms with E-state index in [0.29, 0.717) is 17.5 Å². The number of hydrogen-bond acceptors (Lipinski definition) is 5. The minimum absolute atomic E-state index is 0.158. The second-order valence-electron chi connectivity index (χ2n) is 18.1. The molecule has 12 aromatic rings. The van der Waals surface area contributed by atoms with Crippen LogP contribution in [0.1, 0.15) is 45.2 Å². The molecule has 9 aromatic carbocycles. The summed E-state index contributed by atoms with van der Waals surface area (Å²) in [4.78, 5) is 15.3. The molecule has 69 heavy (non-hydrogen) atoms. The van der Waals surface area contributed by atoms with Gasteiger partial charge in [-0.25, -0.2) is 15.0 Å². The van der Waals surface area contributed by atoms with E-state index in [9.17, 15) is 0 Å². The van der Waals surface area contributed by atoms with Crippen LogP contribution in [0.15, 0.2) is 231 Å². The minimum Gasteiger partial charge on any atom is -0.309 e. The summed E-state index contributed by atoms with van der Waals surface area (Å²) in [7, 11) is 0. The predicted molar refractivity (Wildman–Crippen MR) is 277 cm³/mol. The predicted octanol–water partition coefficient (Wildman–Crippen LogP) is 14.7. The highest BCUT2D eigenvalue weighted by atomic mass is 15.1. The van der Waals surface area contributed by atoms with E-state index in [0.717, 1.165) is 44.6 Å². The summed E-state index contributed by atoms with van der Waals surface area (Å²) in [5.41, 5.74) is 21.5. The second kappa shape index (κ2) is 15.8. The SMILES string of the molecule is c1ccc(-c2nc(-c3ccc(-c4ccc5c(c4)C4c6ccccc6C5c5cc(-c6ccnnc6)ccc54)cc3)nc(-c3ccc(-c4ccc5c(c4)c4ccccc4n5-c4ccccc4)cc3)n2)cc1. The monoisotopic (exact) mass is 880 g/mol. The van der Waals surface area contributed by atoms with Gasteiger partial charge in [-0.3, -0.25) is 0 Å². The Hall–Kier alpha value is -9.13. The molecule has 0 N–H and O–H groups in total. The summed E-state index contributed by atoms with van der Waals surface area (Å²) in [6.45, 7) is 0. The van der Waals surface area contributed by atoms with Gasteiger partial charge in [0.2, 0.25) is 0 Å². The van der Waals surface area contributed by atoms with Crippen LogP contribution in [-0.2, 0) is 0 Å². The van der Waals surface area contributed by atoms with Gasteiger partial charge in [0.05, 0.1) is 23.4 Å². The average molecular weight is 881 g/mol. The highest BCUT2D eigenvalue weighted by Crippen LogP contribution is 2.56. The first-order valence-corrected chi connectivity index (χ1v) is 23.5.